The van der Waals surface area contributed by atoms with E-state index in [1.807, 2.05) is 6.92 Å². The minimum Gasteiger partial charge on any atom is -0.353 e. The molecule has 0 saturated heterocycles. The largest absolute Gasteiger partial charge is 0.353 e. The van der Waals surface area contributed by atoms with Crippen LogP contribution in [0.1, 0.15) is 6.92 Å². The van der Waals surface area contributed by atoms with Crippen LogP contribution in [-0.4, -0.2) is 27.5 Å². The second-order valence-electron chi connectivity index (χ2n) is 2.88. The molecule has 0 amide bonds. The van der Waals surface area contributed by atoms with Crippen LogP contribution < -0.4 is 11.1 Å². The normalized spacial score (nSPS) is 12.1. The van der Waals surface area contributed by atoms with Gasteiger partial charge >= 0.3 is 5.69 Å². The first-order valence-electron chi connectivity index (χ1n) is 4.05. The van der Waals surface area contributed by atoms with E-state index in [-0.39, 0.29) is 11.7 Å². The third-order valence-electron chi connectivity index (χ3n) is 1.43. The van der Waals surface area contributed by atoms with Crippen molar-refractivity contribution < 1.29 is 4.92 Å². The molecule has 1 atom stereocenters. The van der Waals surface area contributed by atoms with E-state index in [1.165, 1.54) is 0 Å². The van der Waals surface area contributed by atoms with Crippen molar-refractivity contribution >= 4 is 11.6 Å². The summed E-state index contributed by atoms with van der Waals surface area (Å²) in [7, 11) is 0. The van der Waals surface area contributed by atoms with E-state index >= 15 is 0 Å². The lowest BCUT2D eigenvalue weighted by Gasteiger charge is -2.05. The van der Waals surface area contributed by atoms with E-state index in [9.17, 15) is 10.1 Å². The van der Waals surface area contributed by atoms with Crippen molar-refractivity contribution in [1.82, 2.24) is 9.97 Å². The fourth-order valence-electron chi connectivity index (χ4n) is 0.759. The molecule has 1 aromatic rings. The van der Waals surface area contributed by atoms with Gasteiger partial charge in [-0.1, -0.05) is 0 Å². The Morgan fingerprint density at radius 1 is 1.64 bits per heavy atom. The molecule has 7 nitrogen and oxygen atoms in total. The quantitative estimate of drug-likeness (QED) is 0.525. The molecular weight excluding hydrogens is 186 g/mol. The molecule has 1 unspecified atom stereocenters. The Balaban J connectivity index is 2.60. The number of nitrogens with one attached hydrogen (secondary N) is 1. The van der Waals surface area contributed by atoms with Crippen LogP contribution in [0.15, 0.2) is 12.4 Å². The van der Waals surface area contributed by atoms with Crippen LogP contribution in [0.4, 0.5) is 11.6 Å². The van der Waals surface area contributed by atoms with Gasteiger partial charge in [-0.3, -0.25) is 10.1 Å². The van der Waals surface area contributed by atoms with Crippen molar-refractivity contribution in [3.63, 3.8) is 0 Å². The lowest BCUT2D eigenvalue weighted by Crippen LogP contribution is -2.25. The Hall–Kier alpha value is -1.76. The van der Waals surface area contributed by atoms with E-state index in [1.54, 1.807) is 0 Å². The predicted molar refractivity (Wildman–Crippen MR) is 50.8 cm³/mol. The van der Waals surface area contributed by atoms with Crippen LogP contribution in [-0.2, 0) is 0 Å². The molecule has 7 heteroatoms. The molecular formula is C7H11N5O2. The molecule has 0 fully saturated rings. The number of hydrogen-bond acceptors (Lipinski definition) is 6. The van der Waals surface area contributed by atoms with E-state index in [2.05, 4.69) is 15.3 Å². The van der Waals surface area contributed by atoms with E-state index in [0.717, 1.165) is 12.4 Å². The van der Waals surface area contributed by atoms with Gasteiger partial charge in [0.05, 0.1) is 4.92 Å². The maximum Gasteiger partial charge on any atom is 0.305 e. The van der Waals surface area contributed by atoms with Crippen molar-refractivity contribution in [2.75, 3.05) is 11.9 Å². The highest BCUT2D eigenvalue weighted by Gasteiger charge is 2.06. The molecule has 0 spiro atoms. The summed E-state index contributed by atoms with van der Waals surface area (Å²) in [4.78, 5) is 17.2. The lowest BCUT2D eigenvalue weighted by molar-refractivity contribution is -0.385. The Bertz CT molecular complexity index is 310. The molecule has 14 heavy (non-hydrogen) atoms. The first kappa shape index (κ1) is 10.3. The smallest absolute Gasteiger partial charge is 0.305 e. The van der Waals surface area contributed by atoms with Crippen LogP contribution in [0.2, 0.25) is 0 Å². The minimum absolute atomic E-state index is 0.0196. The van der Waals surface area contributed by atoms with Crippen LogP contribution >= 0.6 is 0 Å². The summed E-state index contributed by atoms with van der Waals surface area (Å²) in [6, 6.07) is -0.0196. The second kappa shape index (κ2) is 4.47. The van der Waals surface area contributed by atoms with Crippen LogP contribution in [0.5, 0.6) is 0 Å². The topological polar surface area (TPSA) is 107 Å². The number of nitrogens with zero attached hydrogens (tertiary/aromatic N) is 3. The van der Waals surface area contributed by atoms with Crippen LogP contribution in [0, 0.1) is 10.1 Å². The molecule has 3 N–H and O–H groups in total. The molecule has 76 valence electrons. The molecule has 0 saturated carbocycles. The highest BCUT2D eigenvalue weighted by molar-refractivity contribution is 5.30. The Morgan fingerprint density at radius 2 is 2.21 bits per heavy atom. The van der Waals surface area contributed by atoms with Gasteiger partial charge in [-0.25, -0.2) is 9.97 Å². The Kier molecular flexibility index (Phi) is 3.29. The number of rotatable bonds is 4. The third kappa shape index (κ3) is 2.94. The van der Waals surface area contributed by atoms with Gasteiger partial charge in [0.2, 0.25) is 5.95 Å². The Labute approximate surface area is 80.5 Å². The number of nitro groups is 1. The maximum absolute atomic E-state index is 10.3. The van der Waals surface area contributed by atoms with E-state index in [0.29, 0.717) is 12.5 Å². The maximum atomic E-state index is 10.3. The third-order valence-corrected chi connectivity index (χ3v) is 1.43. The molecule has 1 heterocycles. The Morgan fingerprint density at radius 3 is 2.64 bits per heavy atom. The fourth-order valence-corrected chi connectivity index (χ4v) is 0.759. The summed E-state index contributed by atoms with van der Waals surface area (Å²) in [5.41, 5.74) is 5.36. The zero-order valence-corrected chi connectivity index (χ0v) is 7.67. The molecule has 0 aliphatic carbocycles. The van der Waals surface area contributed by atoms with Crippen molar-refractivity contribution in [3.05, 3.63) is 22.5 Å². The monoisotopic (exact) mass is 197 g/mol. The first-order chi connectivity index (χ1) is 6.59. The molecule has 1 rings (SSSR count). The molecule has 1 aromatic heterocycles. The average Bonchev–Trinajstić information content (AvgIpc) is 2.15. The van der Waals surface area contributed by atoms with Gasteiger partial charge in [0.1, 0.15) is 12.4 Å². The lowest BCUT2D eigenvalue weighted by atomic mass is 10.4. The standard InChI is InChI=1S/C7H11N5O2/c1-5(8)2-9-7-10-3-6(4-11-7)12(13)14/h3-5H,2,8H2,1H3,(H,9,10,11). The van der Waals surface area contributed by atoms with Gasteiger partial charge in [-0.2, -0.15) is 0 Å². The fraction of sp³-hybridized carbons (Fsp3) is 0.429. The first-order valence-corrected chi connectivity index (χ1v) is 4.05. The molecule has 0 radical (unpaired) electrons. The average molecular weight is 197 g/mol. The van der Waals surface area contributed by atoms with E-state index in [4.69, 9.17) is 5.73 Å². The van der Waals surface area contributed by atoms with Gasteiger partial charge in [-0.05, 0) is 6.92 Å². The van der Waals surface area contributed by atoms with Crippen molar-refractivity contribution in [1.29, 1.82) is 0 Å². The highest BCUT2D eigenvalue weighted by Crippen LogP contribution is 2.07. The highest BCUT2D eigenvalue weighted by atomic mass is 16.6. The van der Waals surface area contributed by atoms with Gasteiger partial charge in [0.25, 0.3) is 0 Å². The summed E-state index contributed by atoms with van der Waals surface area (Å²) in [6.45, 7) is 2.36. The SMILES string of the molecule is CC(N)CNc1ncc([N+](=O)[O-])cn1. The van der Waals surface area contributed by atoms with Crippen molar-refractivity contribution in [3.8, 4) is 0 Å². The predicted octanol–water partition coefficient (Wildman–Crippen LogP) is 0.144. The molecule has 0 aliphatic rings. The summed E-state index contributed by atoms with van der Waals surface area (Å²) in [6.07, 6.45) is 2.30. The second-order valence-corrected chi connectivity index (χ2v) is 2.88. The van der Waals surface area contributed by atoms with Gasteiger partial charge in [0, 0.05) is 12.6 Å². The molecule has 0 aromatic carbocycles. The summed E-state index contributed by atoms with van der Waals surface area (Å²) in [5, 5.41) is 13.1. The van der Waals surface area contributed by atoms with Gasteiger partial charge in [-0.15, -0.1) is 0 Å². The van der Waals surface area contributed by atoms with Gasteiger partial charge < -0.3 is 11.1 Å². The summed E-state index contributed by atoms with van der Waals surface area (Å²) in [5.74, 6) is 0.341. The summed E-state index contributed by atoms with van der Waals surface area (Å²) >= 11 is 0. The molecule has 0 aliphatic heterocycles. The number of anilines is 1. The van der Waals surface area contributed by atoms with E-state index < -0.39 is 4.92 Å². The van der Waals surface area contributed by atoms with Gasteiger partial charge in [0.15, 0.2) is 0 Å². The van der Waals surface area contributed by atoms with Crippen LogP contribution in [0.3, 0.4) is 0 Å². The van der Waals surface area contributed by atoms with Crippen molar-refractivity contribution in [2.24, 2.45) is 5.73 Å². The van der Waals surface area contributed by atoms with Crippen molar-refractivity contribution in [2.45, 2.75) is 13.0 Å². The zero-order chi connectivity index (χ0) is 10.6. The summed E-state index contributed by atoms with van der Waals surface area (Å²) < 4.78 is 0. The minimum atomic E-state index is -0.546. The van der Waals surface area contributed by atoms with Crippen LogP contribution in [0.25, 0.3) is 0 Å². The number of aromatic nitrogens is 2. The zero-order valence-electron chi connectivity index (χ0n) is 7.67. The molecule has 0 bridgehead atoms. The number of nitrogens with two attached hydrogens (primary N) is 1. The number of hydrogen-bond donors (Lipinski definition) is 2.